The maximum Gasteiger partial charge on any atom is 0.137 e. The minimum atomic E-state index is -3.08. The summed E-state index contributed by atoms with van der Waals surface area (Å²) in [5.74, 6) is -0.102. The molecule has 2 aliphatic heterocycles. The number of phenolic OH excluding ortho intramolecular Hbond substituents is 1. The molecule has 2 N–H and O–H groups in total. The number of nitrogens with one attached hydrogen (secondary N) is 1. The van der Waals surface area contributed by atoms with Gasteiger partial charge in [-0.05, 0) is 24.3 Å². The summed E-state index contributed by atoms with van der Waals surface area (Å²) in [5.41, 5.74) is 0.755. The molecule has 0 amide bonds. The fourth-order valence-corrected chi connectivity index (χ4v) is 3.29. The lowest BCUT2D eigenvalue weighted by atomic mass is 10.1. The highest BCUT2D eigenvalue weighted by Crippen LogP contribution is 2.42. The molecule has 2 heterocycles. The van der Waals surface area contributed by atoms with Crippen molar-refractivity contribution in [3.8, 4) is 5.75 Å². The van der Waals surface area contributed by atoms with Crippen LogP contribution in [0.5, 0.6) is 5.75 Å². The van der Waals surface area contributed by atoms with Crippen molar-refractivity contribution >= 4 is 23.3 Å². The summed E-state index contributed by atoms with van der Waals surface area (Å²) < 4.78 is 65.5. The van der Waals surface area contributed by atoms with Crippen LogP contribution < -0.4 is 5.31 Å². The van der Waals surface area contributed by atoms with Crippen LogP contribution >= 0.6 is 11.8 Å². The van der Waals surface area contributed by atoms with Crippen LogP contribution in [-0.2, 0) is 0 Å². The molecule has 0 aromatic heterocycles. The second-order valence-electron chi connectivity index (χ2n) is 4.65. The van der Waals surface area contributed by atoms with E-state index in [1.807, 2.05) is 0 Å². The molecule has 1 fully saturated rings. The molecular formula is C17H17N3OS. The van der Waals surface area contributed by atoms with Gasteiger partial charge in [0.2, 0.25) is 0 Å². The minimum absolute atomic E-state index is 0.0153. The van der Waals surface area contributed by atoms with Crippen molar-refractivity contribution in [2.24, 2.45) is 4.99 Å². The summed E-state index contributed by atoms with van der Waals surface area (Å²) >= 11 is 1.27. The highest BCUT2D eigenvalue weighted by molar-refractivity contribution is 7.99. The second kappa shape index (κ2) is 5.66. The third-order valence-corrected chi connectivity index (χ3v) is 4.35. The van der Waals surface area contributed by atoms with Gasteiger partial charge in [0, 0.05) is 46.8 Å². The number of aromatic hydroxyl groups is 1. The van der Waals surface area contributed by atoms with E-state index in [0.717, 1.165) is 0 Å². The van der Waals surface area contributed by atoms with Crippen LogP contribution in [0.4, 0.5) is 5.69 Å². The van der Waals surface area contributed by atoms with Crippen LogP contribution in [0.2, 0.25) is 1.41 Å². The van der Waals surface area contributed by atoms with E-state index in [0.29, 0.717) is 25.9 Å². The Morgan fingerprint density at radius 1 is 1.23 bits per heavy atom. The smallest absolute Gasteiger partial charge is 0.137 e. The first-order valence-electron chi connectivity index (χ1n) is 10.6. The molecule has 0 aliphatic carbocycles. The normalized spacial score (nSPS) is 33.7. The Morgan fingerprint density at radius 3 is 3.09 bits per heavy atom. The lowest BCUT2D eigenvalue weighted by Gasteiger charge is -2.30. The quantitative estimate of drug-likeness (QED) is 0.784. The molecule has 0 bridgehead atoms. The molecule has 2 aliphatic rings. The molecule has 1 unspecified atom stereocenters. The van der Waals surface area contributed by atoms with Crippen LogP contribution in [-0.4, -0.2) is 41.9 Å². The molecule has 5 heteroatoms. The predicted octanol–water partition coefficient (Wildman–Crippen LogP) is 2.84. The lowest BCUT2D eigenvalue weighted by molar-refractivity contribution is 0.358. The molecule has 0 saturated carbocycles. The SMILES string of the molecule is [2H]C1N(C2=Nc3ccc(O)cc3Sc3ccccc32)C([2H])([2H])C([2H])([2H])N([2H])C1([2H])[2H]. The topological polar surface area (TPSA) is 47.9 Å². The summed E-state index contributed by atoms with van der Waals surface area (Å²) in [4.78, 5) is 6.35. The highest BCUT2D eigenvalue weighted by Gasteiger charge is 2.22. The third kappa shape index (κ3) is 2.46. The molecule has 0 spiro atoms. The Morgan fingerprint density at radius 2 is 2.14 bits per heavy atom. The van der Waals surface area contributed by atoms with Gasteiger partial charge in [0.1, 0.15) is 13.0 Å². The molecule has 2 aromatic rings. The molecule has 1 saturated heterocycles. The second-order valence-corrected chi connectivity index (χ2v) is 5.73. The van der Waals surface area contributed by atoms with Gasteiger partial charge in [-0.3, -0.25) is 0 Å². The van der Waals surface area contributed by atoms with Crippen LogP contribution in [0.3, 0.4) is 0 Å². The van der Waals surface area contributed by atoms with Crippen molar-refractivity contribution in [1.29, 1.82) is 0 Å². The zero-order valence-corrected chi connectivity index (χ0v) is 12.1. The molecule has 0 radical (unpaired) electrons. The van der Waals surface area contributed by atoms with Gasteiger partial charge in [-0.15, -0.1) is 0 Å². The van der Waals surface area contributed by atoms with E-state index in [4.69, 9.17) is 11.0 Å². The van der Waals surface area contributed by atoms with Crippen molar-refractivity contribution in [1.82, 2.24) is 10.2 Å². The fraction of sp³-hybridized carbons (Fsp3) is 0.235. The van der Waals surface area contributed by atoms with Crippen LogP contribution in [0.15, 0.2) is 57.2 Å². The van der Waals surface area contributed by atoms with Gasteiger partial charge in [-0.2, -0.15) is 0 Å². The minimum Gasteiger partial charge on any atom is -0.508 e. The van der Waals surface area contributed by atoms with E-state index in [9.17, 15) is 5.11 Å². The average Bonchev–Trinajstić information content (AvgIpc) is 2.82. The summed E-state index contributed by atoms with van der Waals surface area (Å²) in [6.45, 7) is -10.8. The van der Waals surface area contributed by atoms with E-state index in [2.05, 4.69) is 4.99 Å². The largest absolute Gasteiger partial charge is 0.508 e. The molecule has 22 heavy (non-hydrogen) atoms. The molecule has 4 nitrogen and oxygen atoms in total. The Bertz CT molecular complexity index is 1050. The number of nitrogens with zero attached hydrogens (tertiary/aromatic N) is 2. The Hall–Kier alpha value is -1.98. The number of benzene rings is 2. The van der Waals surface area contributed by atoms with E-state index in [1.54, 1.807) is 24.3 Å². The number of hydrogen-bond acceptors (Lipinski definition) is 5. The van der Waals surface area contributed by atoms with E-state index >= 15 is 0 Å². The summed E-state index contributed by atoms with van der Waals surface area (Å²) in [6.07, 6.45) is 0. The molecular weight excluding hydrogens is 294 g/mol. The van der Waals surface area contributed by atoms with Crippen molar-refractivity contribution in [2.75, 3.05) is 26.0 Å². The van der Waals surface area contributed by atoms with Gasteiger partial charge in [0.25, 0.3) is 0 Å². The van der Waals surface area contributed by atoms with Gasteiger partial charge in [0.15, 0.2) is 0 Å². The van der Waals surface area contributed by atoms with Gasteiger partial charge in [-0.25, -0.2) is 4.99 Å². The van der Waals surface area contributed by atoms with Crippen molar-refractivity contribution in [3.05, 3.63) is 48.0 Å². The molecule has 112 valence electrons. The van der Waals surface area contributed by atoms with Gasteiger partial charge in [0.05, 0.1) is 9.80 Å². The van der Waals surface area contributed by atoms with Crippen LogP contribution in [0.25, 0.3) is 0 Å². The maximum atomic E-state index is 9.85. The third-order valence-electron chi connectivity index (χ3n) is 3.22. The molecule has 2 aromatic carbocycles. The maximum absolute atomic E-state index is 9.85. The van der Waals surface area contributed by atoms with Crippen LogP contribution in [0.1, 0.15) is 15.2 Å². The fourth-order valence-electron chi connectivity index (χ4n) is 2.24. The van der Waals surface area contributed by atoms with Crippen molar-refractivity contribution in [3.63, 3.8) is 0 Å². The molecule has 1 atom stereocenters. The lowest BCUT2D eigenvalue weighted by Crippen LogP contribution is -2.46. The summed E-state index contributed by atoms with van der Waals surface area (Å²) in [6, 6.07) is 11.2. The number of phenols is 1. The first-order valence-corrected chi connectivity index (χ1v) is 7.40. The highest BCUT2D eigenvalue weighted by atomic mass is 32.2. The summed E-state index contributed by atoms with van der Waals surface area (Å²) in [5, 5.41) is 9.72. The predicted molar refractivity (Wildman–Crippen MR) is 89.3 cm³/mol. The van der Waals surface area contributed by atoms with Gasteiger partial charge < -0.3 is 15.3 Å². The first-order chi connectivity index (χ1) is 13.9. The van der Waals surface area contributed by atoms with E-state index in [1.165, 1.54) is 30.0 Å². The number of amidine groups is 1. The van der Waals surface area contributed by atoms with E-state index in [-0.39, 0.29) is 16.9 Å². The number of aliphatic imine (C=N–C) groups is 1. The molecule has 4 rings (SSSR count). The number of fused-ring (bicyclic) bond motifs is 2. The number of hydrogen-bond donors (Lipinski definition) is 2. The van der Waals surface area contributed by atoms with Crippen molar-refractivity contribution in [2.45, 2.75) is 9.79 Å². The Labute approximate surface area is 145 Å². The Kier molecular flexibility index (Phi) is 1.94. The average molecular weight is 319 g/mol. The van der Waals surface area contributed by atoms with Crippen molar-refractivity contribution < 1.29 is 16.1 Å². The number of rotatable bonds is 0. The number of piperazine rings is 1. The van der Waals surface area contributed by atoms with E-state index < -0.39 is 26.0 Å². The zero-order valence-electron chi connectivity index (χ0n) is 19.3. The van der Waals surface area contributed by atoms with Crippen LogP contribution in [0, 0.1) is 0 Å². The first kappa shape index (κ1) is 7.53. The Balaban J connectivity index is 2.00. The zero-order chi connectivity index (χ0) is 22.1. The van der Waals surface area contributed by atoms with Gasteiger partial charge >= 0.3 is 0 Å². The monoisotopic (exact) mass is 319 g/mol. The summed E-state index contributed by atoms with van der Waals surface area (Å²) in [7, 11) is 0. The standard InChI is InChI=1S/C17H17N3OS/c21-12-5-6-14-16(11-12)22-15-4-2-1-3-13(15)17(19-14)20-9-7-18-8-10-20/h1-6,11,18,21H,7-10H2/i7D2,8D2,9D,10D2/hD. The van der Waals surface area contributed by atoms with Gasteiger partial charge in [-0.1, -0.05) is 30.0 Å².